The molecule has 1 amide bonds. The highest BCUT2D eigenvalue weighted by molar-refractivity contribution is 6.46. The number of halogens is 1. The number of hydrogen-bond donors (Lipinski definition) is 2. The molecule has 35 heavy (non-hydrogen) atoms. The maximum atomic E-state index is 13.4. The second kappa shape index (κ2) is 9.89. The largest absolute Gasteiger partial charge is 0.508 e. The number of amides is 1. The molecular formula is C27H24FNO6. The van der Waals surface area contributed by atoms with E-state index < -0.39 is 29.3 Å². The summed E-state index contributed by atoms with van der Waals surface area (Å²) in [6, 6.07) is 15.6. The summed E-state index contributed by atoms with van der Waals surface area (Å²) in [7, 11) is 3.06. The molecule has 1 atom stereocenters. The van der Waals surface area contributed by atoms with Gasteiger partial charge in [-0.3, -0.25) is 9.59 Å². The van der Waals surface area contributed by atoms with Gasteiger partial charge in [0, 0.05) is 12.1 Å². The Morgan fingerprint density at radius 3 is 2.34 bits per heavy atom. The molecule has 2 N–H and O–H groups in total. The molecule has 3 aromatic rings. The van der Waals surface area contributed by atoms with Crippen molar-refractivity contribution in [3.05, 3.63) is 94.8 Å². The summed E-state index contributed by atoms with van der Waals surface area (Å²) in [5.74, 6) is -1.49. The Bertz CT molecular complexity index is 1300. The second-order valence-electron chi connectivity index (χ2n) is 8.03. The summed E-state index contributed by atoms with van der Waals surface area (Å²) in [5.41, 5.74) is 1.38. The molecule has 180 valence electrons. The summed E-state index contributed by atoms with van der Waals surface area (Å²) in [6.45, 7) is 0.153. The minimum absolute atomic E-state index is 0.0465. The van der Waals surface area contributed by atoms with E-state index in [9.17, 15) is 24.2 Å². The van der Waals surface area contributed by atoms with Gasteiger partial charge in [0.25, 0.3) is 11.7 Å². The molecular weight excluding hydrogens is 453 g/mol. The fourth-order valence-corrected chi connectivity index (χ4v) is 4.20. The molecule has 0 spiro atoms. The number of aliphatic hydroxyl groups is 1. The molecule has 1 aliphatic rings. The van der Waals surface area contributed by atoms with E-state index in [0.717, 1.165) is 17.7 Å². The molecule has 0 saturated carbocycles. The van der Waals surface area contributed by atoms with E-state index in [1.807, 2.05) is 6.07 Å². The number of likely N-dealkylation sites (tertiary alicyclic amines) is 1. The number of aromatic hydroxyl groups is 1. The van der Waals surface area contributed by atoms with E-state index in [4.69, 9.17) is 9.47 Å². The Hall–Kier alpha value is -4.33. The van der Waals surface area contributed by atoms with Gasteiger partial charge in [-0.05, 0) is 66.1 Å². The lowest BCUT2D eigenvalue weighted by Crippen LogP contribution is -2.31. The first-order valence-corrected chi connectivity index (χ1v) is 10.9. The van der Waals surface area contributed by atoms with Gasteiger partial charge in [0.2, 0.25) is 0 Å². The van der Waals surface area contributed by atoms with Crippen LogP contribution in [0.2, 0.25) is 0 Å². The molecule has 3 aromatic carbocycles. The minimum Gasteiger partial charge on any atom is -0.508 e. The number of carbonyl (C=O) groups is 2. The van der Waals surface area contributed by atoms with Crippen LogP contribution in [0.4, 0.5) is 4.39 Å². The molecule has 4 rings (SSSR count). The van der Waals surface area contributed by atoms with Crippen molar-refractivity contribution in [1.29, 1.82) is 0 Å². The van der Waals surface area contributed by atoms with Gasteiger partial charge in [-0.2, -0.15) is 0 Å². The van der Waals surface area contributed by atoms with Crippen molar-refractivity contribution in [1.82, 2.24) is 4.90 Å². The van der Waals surface area contributed by atoms with Crippen LogP contribution in [0.1, 0.15) is 22.7 Å². The number of hydrogen-bond acceptors (Lipinski definition) is 6. The van der Waals surface area contributed by atoms with Crippen LogP contribution in [0.5, 0.6) is 17.2 Å². The summed E-state index contributed by atoms with van der Waals surface area (Å²) < 4.78 is 24.0. The van der Waals surface area contributed by atoms with Crippen molar-refractivity contribution >= 4 is 17.4 Å². The van der Waals surface area contributed by atoms with Crippen LogP contribution >= 0.6 is 0 Å². The lowest BCUT2D eigenvalue weighted by atomic mass is 9.95. The lowest BCUT2D eigenvalue weighted by molar-refractivity contribution is -0.139. The zero-order valence-electron chi connectivity index (χ0n) is 19.2. The molecule has 0 bridgehead atoms. The lowest BCUT2D eigenvalue weighted by Gasteiger charge is -2.25. The number of rotatable bonds is 7. The zero-order chi connectivity index (χ0) is 25.1. The third-order valence-electron chi connectivity index (χ3n) is 5.93. The quantitative estimate of drug-likeness (QED) is 0.301. The van der Waals surface area contributed by atoms with Gasteiger partial charge in [0.05, 0.1) is 25.8 Å². The van der Waals surface area contributed by atoms with Crippen LogP contribution in [0.25, 0.3) is 5.76 Å². The summed E-state index contributed by atoms with van der Waals surface area (Å²) in [5, 5.41) is 21.0. The number of carbonyl (C=O) groups excluding carboxylic acids is 2. The number of aliphatic hydroxyl groups excluding tert-OH is 1. The first-order chi connectivity index (χ1) is 16.8. The molecule has 0 radical (unpaired) electrons. The van der Waals surface area contributed by atoms with Crippen LogP contribution in [-0.2, 0) is 16.0 Å². The third-order valence-corrected chi connectivity index (χ3v) is 5.93. The number of benzene rings is 3. The van der Waals surface area contributed by atoms with E-state index in [2.05, 4.69) is 0 Å². The smallest absolute Gasteiger partial charge is 0.295 e. The summed E-state index contributed by atoms with van der Waals surface area (Å²) in [4.78, 5) is 27.5. The molecule has 1 fully saturated rings. The molecule has 1 aliphatic heterocycles. The average molecular weight is 477 g/mol. The van der Waals surface area contributed by atoms with E-state index in [1.165, 1.54) is 43.4 Å². The number of methoxy groups -OCH3 is 2. The molecule has 1 heterocycles. The van der Waals surface area contributed by atoms with Gasteiger partial charge < -0.3 is 24.6 Å². The van der Waals surface area contributed by atoms with Gasteiger partial charge in [0.1, 0.15) is 17.3 Å². The number of phenolic OH excluding ortho intramolecular Hbond substituents is 1. The molecule has 0 aliphatic carbocycles. The van der Waals surface area contributed by atoms with Crippen LogP contribution in [0.3, 0.4) is 0 Å². The summed E-state index contributed by atoms with van der Waals surface area (Å²) in [6.07, 6.45) is 0.388. The zero-order valence-corrected chi connectivity index (χ0v) is 19.2. The van der Waals surface area contributed by atoms with Gasteiger partial charge in [-0.15, -0.1) is 0 Å². The number of Topliss-reactive ketones (excluding diaryl/α,β-unsaturated/α-hetero) is 1. The molecule has 7 nitrogen and oxygen atoms in total. The number of ketones is 1. The first-order valence-electron chi connectivity index (χ1n) is 10.9. The standard InChI is InChI=1S/C27H24FNO6/c1-34-21-11-6-16(14-22(21)35-2)12-13-29-24(18-4-3-5-20(30)15-18)23(26(32)27(29)33)25(31)17-7-9-19(28)10-8-17/h3-11,14-15,24,30-31H,12-13H2,1-2H3. The predicted octanol–water partition coefficient (Wildman–Crippen LogP) is 4.21. The monoisotopic (exact) mass is 477 g/mol. The summed E-state index contributed by atoms with van der Waals surface area (Å²) >= 11 is 0. The van der Waals surface area contributed by atoms with Crippen LogP contribution in [0, 0.1) is 5.82 Å². The minimum atomic E-state index is -0.938. The van der Waals surface area contributed by atoms with Gasteiger partial charge in [-0.1, -0.05) is 18.2 Å². The third kappa shape index (κ3) is 4.68. The van der Waals surface area contributed by atoms with Crippen molar-refractivity contribution in [3.63, 3.8) is 0 Å². The number of phenols is 1. The fraction of sp³-hybridized carbons (Fsp3) is 0.185. The second-order valence-corrected chi connectivity index (χ2v) is 8.03. The van der Waals surface area contributed by atoms with Gasteiger partial charge in [-0.25, -0.2) is 4.39 Å². The first kappa shape index (κ1) is 23.8. The number of ether oxygens (including phenoxy) is 2. The van der Waals surface area contributed by atoms with Crippen molar-refractivity contribution in [2.45, 2.75) is 12.5 Å². The number of nitrogens with zero attached hydrogens (tertiary/aromatic N) is 1. The highest BCUT2D eigenvalue weighted by Gasteiger charge is 2.45. The molecule has 1 saturated heterocycles. The molecule has 0 aromatic heterocycles. The van der Waals surface area contributed by atoms with Gasteiger partial charge >= 0.3 is 0 Å². The Balaban J connectivity index is 1.74. The van der Waals surface area contributed by atoms with Crippen molar-refractivity contribution in [2.24, 2.45) is 0 Å². The van der Waals surface area contributed by atoms with E-state index in [1.54, 1.807) is 24.3 Å². The van der Waals surface area contributed by atoms with E-state index in [0.29, 0.717) is 23.5 Å². The maximum absolute atomic E-state index is 13.4. The van der Waals surface area contributed by atoms with Crippen LogP contribution in [0.15, 0.2) is 72.3 Å². The van der Waals surface area contributed by atoms with Crippen molar-refractivity contribution in [3.8, 4) is 17.2 Å². The SMILES string of the molecule is COc1ccc(CCN2C(=O)C(=O)C(=C(O)c3ccc(F)cc3)C2c2cccc(O)c2)cc1OC. The fourth-order valence-electron chi connectivity index (χ4n) is 4.20. The predicted molar refractivity (Wildman–Crippen MR) is 127 cm³/mol. The van der Waals surface area contributed by atoms with E-state index in [-0.39, 0.29) is 23.4 Å². The maximum Gasteiger partial charge on any atom is 0.295 e. The van der Waals surface area contributed by atoms with Crippen molar-refractivity contribution < 1.29 is 33.7 Å². The topological polar surface area (TPSA) is 96.3 Å². The normalized spacial score (nSPS) is 17.0. The highest BCUT2D eigenvalue weighted by atomic mass is 19.1. The highest BCUT2D eigenvalue weighted by Crippen LogP contribution is 2.40. The van der Waals surface area contributed by atoms with Gasteiger partial charge in [0.15, 0.2) is 11.5 Å². The Morgan fingerprint density at radius 1 is 0.971 bits per heavy atom. The molecule has 8 heteroatoms. The van der Waals surface area contributed by atoms with Crippen LogP contribution < -0.4 is 9.47 Å². The van der Waals surface area contributed by atoms with E-state index >= 15 is 0 Å². The Morgan fingerprint density at radius 2 is 1.69 bits per heavy atom. The van der Waals surface area contributed by atoms with Crippen LogP contribution in [-0.4, -0.2) is 47.6 Å². The Labute approximate surface area is 201 Å². The molecule has 1 unspecified atom stereocenters. The average Bonchev–Trinajstić information content (AvgIpc) is 3.12. The Kier molecular flexibility index (Phi) is 6.73. The van der Waals surface area contributed by atoms with Crippen molar-refractivity contribution in [2.75, 3.05) is 20.8 Å².